The topological polar surface area (TPSA) is 55.1 Å². The molecule has 0 fully saturated rings. The summed E-state index contributed by atoms with van der Waals surface area (Å²) in [4.78, 5) is 11.6. The predicted octanol–water partition coefficient (Wildman–Crippen LogP) is 3.47. The molecule has 3 N–H and O–H groups in total. The maximum atomic E-state index is 12.7. The molecule has 1 atom stereocenters. The molecule has 3 nitrogen and oxygen atoms in total. The van der Waals surface area contributed by atoms with Gasteiger partial charge in [-0.05, 0) is 44.4 Å². The maximum Gasteiger partial charge on any atom is 0.416 e. The molecule has 6 heteroatoms. The molecule has 0 aliphatic carbocycles. The van der Waals surface area contributed by atoms with E-state index in [9.17, 15) is 18.0 Å². The zero-order chi connectivity index (χ0) is 15.3. The van der Waals surface area contributed by atoms with Crippen LogP contribution in [-0.2, 0) is 11.0 Å². The van der Waals surface area contributed by atoms with Crippen molar-refractivity contribution in [2.45, 2.75) is 45.3 Å². The Morgan fingerprint density at radius 2 is 2.05 bits per heavy atom. The number of benzene rings is 1. The number of alkyl halides is 3. The molecule has 1 unspecified atom stereocenters. The van der Waals surface area contributed by atoms with Crippen molar-refractivity contribution >= 4 is 11.6 Å². The first-order valence-corrected chi connectivity index (χ1v) is 6.43. The minimum Gasteiger partial charge on any atom is -0.328 e. The number of amides is 1. The van der Waals surface area contributed by atoms with Crippen LogP contribution < -0.4 is 11.1 Å². The summed E-state index contributed by atoms with van der Waals surface area (Å²) in [7, 11) is 0. The van der Waals surface area contributed by atoms with E-state index in [1.807, 2.05) is 6.92 Å². The number of nitrogens with two attached hydrogens (primary N) is 1. The van der Waals surface area contributed by atoms with Crippen LogP contribution in [0.4, 0.5) is 18.9 Å². The summed E-state index contributed by atoms with van der Waals surface area (Å²) in [6.45, 7) is 3.23. The summed E-state index contributed by atoms with van der Waals surface area (Å²) in [6.07, 6.45) is -2.85. The number of carbonyl (C=O) groups is 1. The van der Waals surface area contributed by atoms with E-state index in [1.54, 1.807) is 0 Å². The van der Waals surface area contributed by atoms with E-state index in [4.69, 9.17) is 5.73 Å². The van der Waals surface area contributed by atoms with Crippen LogP contribution in [0.5, 0.6) is 0 Å². The lowest BCUT2D eigenvalue weighted by molar-refractivity contribution is -0.138. The van der Waals surface area contributed by atoms with Crippen molar-refractivity contribution in [2.24, 2.45) is 5.73 Å². The molecule has 0 saturated carbocycles. The molecule has 112 valence electrons. The van der Waals surface area contributed by atoms with Crippen LogP contribution in [0.15, 0.2) is 18.2 Å². The standard InChI is InChI=1S/C14H19F3N2O/c1-9-6-7-11(8-12(9)14(15,16)17)19-13(20)5-3-4-10(2)18/h6-8,10H,3-5,18H2,1-2H3,(H,19,20). The number of anilines is 1. The average molecular weight is 288 g/mol. The van der Waals surface area contributed by atoms with Gasteiger partial charge in [0.25, 0.3) is 0 Å². The second-order valence-electron chi connectivity index (χ2n) is 4.95. The highest BCUT2D eigenvalue weighted by Crippen LogP contribution is 2.33. The van der Waals surface area contributed by atoms with E-state index in [1.165, 1.54) is 19.1 Å². The summed E-state index contributed by atoms with van der Waals surface area (Å²) in [5.74, 6) is -0.303. The van der Waals surface area contributed by atoms with Gasteiger partial charge in [-0.3, -0.25) is 4.79 Å². The lowest BCUT2D eigenvalue weighted by Crippen LogP contribution is -2.17. The molecule has 0 bridgehead atoms. The molecule has 1 aromatic rings. The van der Waals surface area contributed by atoms with E-state index in [2.05, 4.69) is 5.32 Å². The molecule has 0 spiro atoms. The number of halogens is 3. The van der Waals surface area contributed by atoms with Gasteiger partial charge < -0.3 is 11.1 Å². The van der Waals surface area contributed by atoms with E-state index < -0.39 is 11.7 Å². The minimum atomic E-state index is -4.42. The van der Waals surface area contributed by atoms with Gasteiger partial charge in [0.2, 0.25) is 5.91 Å². The quantitative estimate of drug-likeness (QED) is 0.871. The zero-order valence-corrected chi connectivity index (χ0v) is 11.6. The van der Waals surface area contributed by atoms with Gasteiger partial charge in [0, 0.05) is 18.2 Å². The van der Waals surface area contributed by atoms with Crippen molar-refractivity contribution < 1.29 is 18.0 Å². The SMILES string of the molecule is Cc1ccc(NC(=O)CCCC(C)N)cc1C(F)(F)F. The van der Waals surface area contributed by atoms with E-state index in [-0.39, 0.29) is 29.6 Å². The van der Waals surface area contributed by atoms with Crippen LogP contribution in [0.2, 0.25) is 0 Å². The second kappa shape index (κ2) is 6.74. The van der Waals surface area contributed by atoms with E-state index in [0.717, 1.165) is 6.07 Å². The Hall–Kier alpha value is -1.56. The van der Waals surface area contributed by atoms with Crippen molar-refractivity contribution in [3.05, 3.63) is 29.3 Å². The molecule has 0 saturated heterocycles. The molecular formula is C14H19F3N2O. The number of rotatable bonds is 5. The maximum absolute atomic E-state index is 12.7. The van der Waals surface area contributed by atoms with Gasteiger partial charge in [-0.1, -0.05) is 6.07 Å². The third kappa shape index (κ3) is 5.21. The van der Waals surface area contributed by atoms with Crippen LogP contribution >= 0.6 is 0 Å². The van der Waals surface area contributed by atoms with E-state index in [0.29, 0.717) is 12.8 Å². The van der Waals surface area contributed by atoms with Crippen molar-refractivity contribution in [1.82, 2.24) is 0 Å². The van der Waals surface area contributed by atoms with Crippen molar-refractivity contribution in [3.63, 3.8) is 0 Å². The molecule has 0 aromatic heterocycles. The van der Waals surface area contributed by atoms with Gasteiger partial charge in [0.05, 0.1) is 5.56 Å². The molecular weight excluding hydrogens is 269 g/mol. The molecule has 20 heavy (non-hydrogen) atoms. The highest BCUT2D eigenvalue weighted by atomic mass is 19.4. The van der Waals surface area contributed by atoms with Crippen LogP contribution in [0.3, 0.4) is 0 Å². The largest absolute Gasteiger partial charge is 0.416 e. The summed E-state index contributed by atoms with van der Waals surface area (Å²) >= 11 is 0. The van der Waals surface area contributed by atoms with E-state index >= 15 is 0 Å². The highest BCUT2D eigenvalue weighted by Gasteiger charge is 2.32. The first-order valence-electron chi connectivity index (χ1n) is 6.43. The number of nitrogens with one attached hydrogen (secondary N) is 1. The summed E-state index contributed by atoms with van der Waals surface area (Å²) in [6, 6.07) is 3.78. The molecule has 1 rings (SSSR count). The van der Waals surface area contributed by atoms with Gasteiger partial charge in [-0.2, -0.15) is 13.2 Å². The number of hydrogen-bond acceptors (Lipinski definition) is 2. The lowest BCUT2D eigenvalue weighted by Gasteiger charge is -2.13. The molecule has 1 aromatic carbocycles. The third-order valence-corrected chi connectivity index (χ3v) is 2.89. The van der Waals surface area contributed by atoms with Crippen LogP contribution in [0.1, 0.15) is 37.3 Å². The van der Waals surface area contributed by atoms with Crippen molar-refractivity contribution in [3.8, 4) is 0 Å². The Kier molecular flexibility index (Phi) is 5.56. The number of hydrogen-bond donors (Lipinski definition) is 2. The summed E-state index contributed by atoms with van der Waals surface area (Å²) < 4.78 is 38.2. The second-order valence-corrected chi connectivity index (χ2v) is 4.95. The average Bonchev–Trinajstić information content (AvgIpc) is 2.29. The van der Waals surface area contributed by atoms with Crippen LogP contribution in [0, 0.1) is 6.92 Å². The van der Waals surface area contributed by atoms with Gasteiger partial charge in [0.15, 0.2) is 0 Å². The Labute approximate surface area is 116 Å². The number of aryl methyl sites for hydroxylation is 1. The molecule has 0 aliphatic rings. The Morgan fingerprint density at radius 1 is 1.40 bits per heavy atom. The Balaban J connectivity index is 2.67. The molecule has 0 radical (unpaired) electrons. The molecule has 0 heterocycles. The monoisotopic (exact) mass is 288 g/mol. The third-order valence-electron chi connectivity index (χ3n) is 2.89. The van der Waals surface area contributed by atoms with Crippen LogP contribution in [-0.4, -0.2) is 11.9 Å². The highest BCUT2D eigenvalue weighted by molar-refractivity contribution is 5.90. The lowest BCUT2D eigenvalue weighted by atomic mass is 10.1. The Bertz CT molecular complexity index is 470. The fraction of sp³-hybridized carbons (Fsp3) is 0.500. The fourth-order valence-electron chi connectivity index (χ4n) is 1.81. The zero-order valence-electron chi connectivity index (χ0n) is 11.6. The van der Waals surface area contributed by atoms with Gasteiger partial charge >= 0.3 is 6.18 Å². The fourth-order valence-corrected chi connectivity index (χ4v) is 1.81. The smallest absolute Gasteiger partial charge is 0.328 e. The minimum absolute atomic E-state index is 0.0130. The van der Waals surface area contributed by atoms with Crippen molar-refractivity contribution in [2.75, 3.05) is 5.32 Å². The molecule has 1 amide bonds. The van der Waals surface area contributed by atoms with Gasteiger partial charge in [-0.15, -0.1) is 0 Å². The van der Waals surface area contributed by atoms with Crippen LogP contribution in [0.25, 0.3) is 0 Å². The van der Waals surface area contributed by atoms with Crippen molar-refractivity contribution in [1.29, 1.82) is 0 Å². The van der Waals surface area contributed by atoms with Gasteiger partial charge in [-0.25, -0.2) is 0 Å². The Morgan fingerprint density at radius 3 is 2.60 bits per heavy atom. The molecule has 0 aliphatic heterocycles. The van der Waals surface area contributed by atoms with Gasteiger partial charge in [0.1, 0.15) is 0 Å². The first-order chi connectivity index (χ1) is 9.20. The predicted molar refractivity (Wildman–Crippen MR) is 72.3 cm³/mol. The summed E-state index contributed by atoms with van der Waals surface area (Å²) in [5, 5.41) is 2.48. The number of carbonyl (C=O) groups excluding carboxylic acids is 1. The summed E-state index contributed by atoms with van der Waals surface area (Å²) in [5.41, 5.74) is 5.12. The normalized spacial score (nSPS) is 13.1. The first kappa shape index (κ1) is 16.5.